The molecule has 0 aliphatic carbocycles. The van der Waals surface area contributed by atoms with E-state index in [1.54, 1.807) is 36.4 Å². The molecule has 0 aliphatic rings. The third-order valence-electron chi connectivity index (χ3n) is 2.60. The van der Waals surface area contributed by atoms with Crippen LogP contribution in [0, 0.1) is 5.82 Å². The normalized spacial score (nSPS) is 10.8. The molecule has 0 aromatic heterocycles. The van der Waals surface area contributed by atoms with Gasteiger partial charge in [0.1, 0.15) is 5.82 Å². The maximum absolute atomic E-state index is 13.3. The second-order valence-corrected chi connectivity index (χ2v) is 5.35. The molecule has 0 fully saturated rings. The largest absolute Gasteiger partial charge is 0.380 e. The van der Waals surface area contributed by atoms with Gasteiger partial charge >= 0.3 is 0 Å². The molecule has 0 unspecified atom stereocenters. The third-order valence-corrected chi connectivity index (χ3v) is 3.82. The van der Waals surface area contributed by atoms with Gasteiger partial charge in [-0.25, -0.2) is 4.39 Å². The molecule has 0 atom stereocenters. The molecule has 6 heteroatoms. The molecule has 0 bridgehead atoms. The van der Waals surface area contributed by atoms with E-state index in [-0.39, 0.29) is 11.6 Å². The summed E-state index contributed by atoms with van der Waals surface area (Å²) in [5.74, 6) is -2.99. The van der Waals surface area contributed by atoms with Crippen molar-refractivity contribution in [2.75, 3.05) is 5.32 Å². The van der Waals surface area contributed by atoms with Crippen molar-refractivity contribution in [1.82, 2.24) is 0 Å². The van der Waals surface area contributed by atoms with Crippen LogP contribution in [0.15, 0.2) is 47.4 Å². The van der Waals surface area contributed by atoms with Gasteiger partial charge in [0.2, 0.25) is 0 Å². The number of hydrogen-bond donors (Lipinski definition) is 1. The molecule has 2 rings (SSSR count). The maximum Gasteiger partial charge on any atom is 0.288 e. The van der Waals surface area contributed by atoms with E-state index in [4.69, 9.17) is 11.6 Å². The van der Waals surface area contributed by atoms with E-state index >= 15 is 0 Å². The van der Waals surface area contributed by atoms with Gasteiger partial charge in [-0.3, -0.25) is 0 Å². The molecule has 1 nitrogen and oxygen atoms in total. The van der Waals surface area contributed by atoms with E-state index in [0.29, 0.717) is 27.9 Å². The van der Waals surface area contributed by atoms with Gasteiger partial charge in [0.25, 0.3) is 5.76 Å². The van der Waals surface area contributed by atoms with Crippen molar-refractivity contribution in [3.8, 4) is 0 Å². The summed E-state index contributed by atoms with van der Waals surface area (Å²) >= 11 is 6.31. The zero-order chi connectivity index (χ0) is 14.5. The molecule has 0 radical (unpaired) electrons. The smallest absolute Gasteiger partial charge is 0.288 e. The first-order valence-electron chi connectivity index (χ1n) is 5.78. The highest BCUT2D eigenvalue weighted by molar-refractivity contribution is 7.99. The van der Waals surface area contributed by atoms with Gasteiger partial charge in [-0.05, 0) is 23.8 Å². The fourth-order valence-corrected chi connectivity index (χ4v) is 2.50. The average Bonchev–Trinajstić information content (AvgIpc) is 2.41. The van der Waals surface area contributed by atoms with Crippen LogP contribution in [0.1, 0.15) is 5.56 Å². The Morgan fingerprint density at radius 3 is 2.60 bits per heavy atom. The first-order chi connectivity index (χ1) is 9.58. The van der Waals surface area contributed by atoms with Crippen molar-refractivity contribution in [2.24, 2.45) is 0 Å². The first kappa shape index (κ1) is 15.1. The van der Waals surface area contributed by atoms with Crippen LogP contribution in [0.5, 0.6) is 0 Å². The number of anilines is 1. The number of hydrogen-bond acceptors (Lipinski definition) is 2. The van der Waals surface area contributed by atoms with Crippen LogP contribution in [0.4, 0.5) is 18.9 Å². The molecule has 20 heavy (non-hydrogen) atoms. The SMILES string of the molecule is Fc1cccc(CNc2ccccc2SC(F)F)c1Cl. The van der Waals surface area contributed by atoms with Crippen LogP contribution in [0.25, 0.3) is 0 Å². The zero-order valence-corrected chi connectivity index (χ0v) is 11.8. The van der Waals surface area contributed by atoms with Crippen molar-refractivity contribution in [3.05, 3.63) is 58.9 Å². The third kappa shape index (κ3) is 3.84. The number of para-hydroxylation sites is 1. The van der Waals surface area contributed by atoms with Crippen molar-refractivity contribution >= 4 is 29.1 Å². The van der Waals surface area contributed by atoms with E-state index in [2.05, 4.69) is 5.32 Å². The van der Waals surface area contributed by atoms with Crippen molar-refractivity contribution in [1.29, 1.82) is 0 Å². The molecule has 0 saturated heterocycles. The maximum atomic E-state index is 13.3. The zero-order valence-electron chi connectivity index (χ0n) is 10.2. The Morgan fingerprint density at radius 2 is 1.85 bits per heavy atom. The second-order valence-electron chi connectivity index (χ2n) is 3.94. The molecule has 0 amide bonds. The van der Waals surface area contributed by atoms with Crippen LogP contribution in [0.3, 0.4) is 0 Å². The molecule has 0 saturated carbocycles. The second kappa shape index (κ2) is 6.90. The standard InChI is InChI=1S/C14H11ClF3NS/c15-13-9(4-3-5-10(13)16)8-19-11-6-1-2-7-12(11)20-14(17)18/h1-7,14,19H,8H2. The van der Waals surface area contributed by atoms with Gasteiger partial charge in [0.15, 0.2) is 0 Å². The summed E-state index contributed by atoms with van der Waals surface area (Å²) in [7, 11) is 0. The van der Waals surface area contributed by atoms with Crippen LogP contribution in [-0.4, -0.2) is 5.76 Å². The molecule has 106 valence electrons. The number of rotatable bonds is 5. The van der Waals surface area contributed by atoms with Crippen LogP contribution in [0.2, 0.25) is 5.02 Å². The molecule has 2 aromatic carbocycles. The lowest BCUT2D eigenvalue weighted by Crippen LogP contribution is -2.02. The van der Waals surface area contributed by atoms with Crippen LogP contribution in [-0.2, 0) is 6.54 Å². The summed E-state index contributed by atoms with van der Waals surface area (Å²) in [6.07, 6.45) is 0. The molecular formula is C14H11ClF3NS. The summed E-state index contributed by atoms with van der Waals surface area (Å²) in [5.41, 5.74) is 1.14. The Kier molecular flexibility index (Phi) is 5.20. The van der Waals surface area contributed by atoms with E-state index in [1.165, 1.54) is 6.07 Å². The lowest BCUT2D eigenvalue weighted by Gasteiger charge is -2.12. The number of halogens is 4. The highest BCUT2D eigenvalue weighted by Crippen LogP contribution is 2.32. The van der Waals surface area contributed by atoms with Crippen molar-refractivity contribution in [2.45, 2.75) is 17.2 Å². The minimum Gasteiger partial charge on any atom is -0.380 e. The average molecular weight is 318 g/mol. The number of nitrogens with one attached hydrogen (secondary N) is 1. The first-order valence-corrected chi connectivity index (χ1v) is 7.04. The predicted molar refractivity (Wildman–Crippen MR) is 77.0 cm³/mol. The minimum atomic E-state index is -2.49. The van der Waals surface area contributed by atoms with Gasteiger partial charge in [0.05, 0.1) is 5.02 Å². The van der Waals surface area contributed by atoms with Gasteiger partial charge < -0.3 is 5.32 Å². The minimum absolute atomic E-state index is 0.0407. The highest BCUT2D eigenvalue weighted by atomic mass is 35.5. The molecule has 0 heterocycles. The fraction of sp³-hybridized carbons (Fsp3) is 0.143. The lowest BCUT2D eigenvalue weighted by molar-refractivity contribution is 0.252. The van der Waals surface area contributed by atoms with Gasteiger partial charge in [-0.15, -0.1) is 0 Å². The van der Waals surface area contributed by atoms with E-state index < -0.39 is 11.6 Å². The Hall–Kier alpha value is -1.33. The quantitative estimate of drug-likeness (QED) is 0.740. The summed E-state index contributed by atoms with van der Waals surface area (Å²) < 4.78 is 38.2. The van der Waals surface area contributed by atoms with Crippen LogP contribution < -0.4 is 5.32 Å². The van der Waals surface area contributed by atoms with Crippen molar-refractivity contribution < 1.29 is 13.2 Å². The number of thioether (sulfide) groups is 1. The fourth-order valence-electron chi connectivity index (χ4n) is 1.69. The Bertz CT molecular complexity index is 592. The van der Waals surface area contributed by atoms with E-state index in [1.807, 2.05) is 0 Å². The van der Waals surface area contributed by atoms with Crippen LogP contribution >= 0.6 is 23.4 Å². The van der Waals surface area contributed by atoms with E-state index in [9.17, 15) is 13.2 Å². The summed E-state index contributed by atoms with van der Waals surface area (Å²) in [4.78, 5) is 0.440. The summed E-state index contributed by atoms with van der Waals surface area (Å²) in [6.45, 7) is 0.261. The topological polar surface area (TPSA) is 12.0 Å². The molecular weight excluding hydrogens is 307 g/mol. The Balaban J connectivity index is 2.13. The molecule has 0 spiro atoms. The molecule has 2 aromatic rings. The lowest BCUT2D eigenvalue weighted by atomic mass is 10.2. The monoisotopic (exact) mass is 317 g/mol. The predicted octanol–water partition coefficient (Wildman–Crippen LogP) is 5.41. The van der Waals surface area contributed by atoms with Gasteiger partial charge in [0, 0.05) is 17.1 Å². The number of benzene rings is 2. The van der Waals surface area contributed by atoms with E-state index in [0.717, 1.165) is 0 Å². The summed E-state index contributed by atoms with van der Waals surface area (Å²) in [5, 5.41) is 3.04. The highest BCUT2D eigenvalue weighted by Gasteiger charge is 2.10. The van der Waals surface area contributed by atoms with Gasteiger partial charge in [-0.1, -0.05) is 47.6 Å². The van der Waals surface area contributed by atoms with Gasteiger partial charge in [-0.2, -0.15) is 8.78 Å². The number of alkyl halides is 2. The summed E-state index contributed by atoms with van der Waals surface area (Å²) in [6, 6.07) is 11.2. The molecule has 0 aliphatic heterocycles. The molecule has 1 N–H and O–H groups in total. The van der Waals surface area contributed by atoms with Crippen molar-refractivity contribution in [3.63, 3.8) is 0 Å². The Labute approximate surface area is 124 Å². The Morgan fingerprint density at radius 1 is 1.10 bits per heavy atom.